The van der Waals surface area contributed by atoms with E-state index in [1.165, 1.54) is 18.9 Å². The fourth-order valence-corrected chi connectivity index (χ4v) is 3.78. The highest BCUT2D eigenvalue weighted by atomic mass is 35.5. The Labute approximate surface area is 177 Å². The van der Waals surface area contributed by atoms with Gasteiger partial charge < -0.3 is 10.1 Å². The van der Waals surface area contributed by atoms with Gasteiger partial charge in [0.25, 0.3) is 0 Å². The fraction of sp³-hybridized carbons (Fsp3) is 0.211. The molecule has 1 amide bonds. The lowest BCUT2D eigenvalue weighted by atomic mass is 10.2. The Morgan fingerprint density at radius 3 is 2.71 bits per heavy atom. The van der Waals surface area contributed by atoms with E-state index in [1.54, 1.807) is 18.2 Å². The third kappa shape index (κ3) is 5.26. The standard InChI is InChI=1S/C19H18Cl2N4O2S/c1-27-11-18(26)22-10-17-23-24-19(28-12-13-5-3-2-4-6-13)25(17)16-9-14(20)7-8-15(16)21/h2-9H,10-12H2,1H3,(H,22,26). The Bertz CT molecular complexity index is 950. The number of carbonyl (C=O) groups excluding carboxylic acids is 1. The van der Waals surface area contributed by atoms with E-state index in [1.807, 2.05) is 34.9 Å². The molecule has 0 unspecified atom stereocenters. The first-order valence-corrected chi connectivity index (χ1v) is 10.1. The Morgan fingerprint density at radius 2 is 1.96 bits per heavy atom. The molecular formula is C19H18Cl2N4O2S. The summed E-state index contributed by atoms with van der Waals surface area (Å²) in [6.45, 7) is 0.158. The molecule has 146 valence electrons. The SMILES string of the molecule is COCC(=O)NCc1nnc(SCc2ccccc2)n1-c1cc(Cl)ccc1Cl. The first-order chi connectivity index (χ1) is 13.6. The summed E-state index contributed by atoms with van der Waals surface area (Å²) in [7, 11) is 1.46. The number of halogens is 2. The minimum absolute atomic E-state index is 0.0261. The zero-order valence-electron chi connectivity index (χ0n) is 15.1. The van der Waals surface area contributed by atoms with Gasteiger partial charge in [-0.25, -0.2) is 0 Å². The second-order valence-corrected chi connectivity index (χ2v) is 7.60. The molecule has 0 aliphatic rings. The largest absolute Gasteiger partial charge is 0.375 e. The third-order valence-corrected chi connectivity index (χ3v) is 5.33. The number of rotatable bonds is 8. The molecule has 0 aliphatic carbocycles. The van der Waals surface area contributed by atoms with Gasteiger partial charge in [0.1, 0.15) is 6.61 Å². The number of carbonyl (C=O) groups is 1. The molecule has 1 heterocycles. The van der Waals surface area contributed by atoms with Crippen LogP contribution < -0.4 is 5.32 Å². The molecule has 0 saturated carbocycles. The van der Waals surface area contributed by atoms with Crippen LogP contribution >= 0.6 is 35.0 Å². The Balaban J connectivity index is 1.90. The van der Waals surface area contributed by atoms with Crippen LogP contribution in [0.3, 0.4) is 0 Å². The Morgan fingerprint density at radius 1 is 1.18 bits per heavy atom. The van der Waals surface area contributed by atoms with Gasteiger partial charge in [-0.3, -0.25) is 9.36 Å². The van der Waals surface area contributed by atoms with Crippen LogP contribution in [0.4, 0.5) is 0 Å². The van der Waals surface area contributed by atoms with Crippen LogP contribution in [0.1, 0.15) is 11.4 Å². The minimum Gasteiger partial charge on any atom is -0.375 e. The number of hydrogen-bond acceptors (Lipinski definition) is 5. The number of benzene rings is 2. The molecule has 0 atom stereocenters. The molecule has 1 aromatic heterocycles. The highest BCUT2D eigenvalue weighted by Crippen LogP contribution is 2.30. The lowest BCUT2D eigenvalue weighted by molar-refractivity contribution is -0.124. The van der Waals surface area contributed by atoms with Crippen molar-refractivity contribution in [2.75, 3.05) is 13.7 Å². The van der Waals surface area contributed by atoms with Crippen LogP contribution in [0.5, 0.6) is 0 Å². The number of nitrogens with zero attached hydrogens (tertiary/aromatic N) is 3. The summed E-state index contributed by atoms with van der Waals surface area (Å²) in [5, 5.41) is 13.0. The average Bonchev–Trinajstić information content (AvgIpc) is 3.10. The maximum Gasteiger partial charge on any atom is 0.246 e. The molecule has 0 bridgehead atoms. The summed E-state index contributed by atoms with van der Waals surface area (Å²) >= 11 is 14.1. The van der Waals surface area contributed by atoms with Crippen molar-refractivity contribution < 1.29 is 9.53 Å². The van der Waals surface area contributed by atoms with Gasteiger partial charge in [0.05, 0.1) is 17.3 Å². The van der Waals surface area contributed by atoms with E-state index in [4.69, 9.17) is 27.9 Å². The van der Waals surface area contributed by atoms with Gasteiger partial charge in [-0.1, -0.05) is 65.3 Å². The molecule has 0 spiro atoms. The monoisotopic (exact) mass is 436 g/mol. The van der Waals surface area contributed by atoms with Gasteiger partial charge in [-0.2, -0.15) is 0 Å². The first kappa shape index (κ1) is 20.7. The number of methoxy groups -OCH3 is 1. The molecule has 0 radical (unpaired) electrons. The number of nitrogens with one attached hydrogen (secondary N) is 1. The lowest BCUT2D eigenvalue weighted by Gasteiger charge is -2.13. The van der Waals surface area contributed by atoms with E-state index in [2.05, 4.69) is 15.5 Å². The Hall–Kier alpha value is -2.06. The third-order valence-electron chi connectivity index (χ3n) is 3.78. The van der Waals surface area contributed by atoms with Crippen molar-refractivity contribution in [2.24, 2.45) is 0 Å². The summed E-state index contributed by atoms with van der Waals surface area (Å²) in [6.07, 6.45) is 0. The van der Waals surface area contributed by atoms with Crippen molar-refractivity contribution in [2.45, 2.75) is 17.5 Å². The average molecular weight is 437 g/mol. The summed E-state index contributed by atoms with van der Waals surface area (Å²) in [5.41, 5.74) is 1.82. The van der Waals surface area contributed by atoms with Crippen LogP contribution in [-0.2, 0) is 21.8 Å². The van der Waals surface area contributed by atoms with E-state index in [0.29, 0.717) is 32.5 Å². The maximum atomic E-state index is 11.8. The van der Waals surface area contributed by atoms with Gasteiger partial charge in [-0.05, 0) is 23.8 Å². The van der Waals surface area contributed by atoms with Gasteiger partial charge in [0.15, 0.2) is 11.0 Å². The second kappa shape index (κ2) is 9.93. The molecular weight excluding hydrogens is 419 g/mol. The van der Waals surface area contributed by atoms with Crippen molar-refractivity contribution in [3.8, 4) is 5.69 Å². The van der Waals surface area contributed by atoms with Crippen molar-refractivity contribution in [3.63, 3.8) is 0 Å². The van der Waals surface area contributed by atoms with E-state index >= 15 is 0 Å². The quantitative estimate of drug-likeness (QED) is 0.537. The molecule has 6 nitrogen and oxygen atoms in total. The maximum absolute atomic E-state index is 11.8. The molecule has 0 aliphatic heterocycles. The molecule has 9 heteroatoms. The predicted molar refractivity (Wildman–Crippen MR) is 111 cm³/mol. The van der Waals surface area contributed by atoms with E-state index < -0.39 is 0 Å². The van der Waals surface area contributed by atoms with Crippen LogP contribution in [0, 0.1) is 0 Å². The predicted octanol–water partition coefficient (Wildman–Crippen LogP) is 4.13. The molecule has 3 aromatic rings. The second-order valence-electron chi connectivity index (χ2n) is 5.81. The van der Waals surface area contributed by atoms with Gasteiger partial charge in [-0.15, -0.1) is 10.2 Å². The highest BCUT2D eigenvalue weighted by molar-refractivity contribution is 7.98. The topological polar surface area (TPSA) is 69.0 Å². The van der Waals surface area contributed by atoms with Crippen LogP contribution in [0.2, 0.25) is 10.0 Å². The van der Waals surface area contributed by atoms with Crippen LogP contribution in [-0.4, -0.2) is 34.4 Å². The van der Waals surface area contributed by atoms with Gasteiger partial charge in [0.2, 0.25) is 5.91 Å². The summed E-state index contributed by atoms with van der Waals surface area (Å²) < 4.78 is 6.65. The zero-order valence-corrected chi connectivity index (χ0v) is 17.4. The molecule has 0 saturated heterocycles. The molecule has 3 rings (SSSR count). The van der Waals surface area contributed by atoms with Crippen molar-refractivity contribution in [1.29, 1.82) is 0 Å². The number of hydrogen-bond donors (Lipinski definition) is 1. The van der Waals surface area contributed by atoms with Crippen LogP contribution in [0.15, 0.2) is 53.7 Å². The van der Waals surface area contributed by atoms with E-state index in [-0.39, 0.29) is 19.1 Å². The van der Waals surface area contributed by atoms with Gasteiger partial charge in [0, 0.05) is 17.9 Å². The first-order valence-electron chi connectivity index (χ1n) is 8.40. The number of aromatic nitrogens is 3. The lowest BCUT2D eigenvalue weighted by Crippen LogP contribution is -2.28. The highest BCUT2D eigenvalue weighted by Gasteiger charge is 2.18. The summed E-state index contributed by atoms with van der Waals surface area (Å²) in [5.74, 6) is 1.02. The smallest absolute Gasteiger partial charge is 0.246 e. The van der Waals surface area contributed by atoms with E-state index in [9.17, 15) is 4.79 Å². The van der Waals surface area contributed by atoms with Crippen molar-refractivity contribution in [3.05, 3.63) is 70.0 Å². The van der Waals surface area contributed by atoms with Crippen molar-refractivity contribution >= 4 is 40.9 Å². The van der Waals surface area contributed by atoms with Gasteiger partial charge >= 0.3 is 0 Å². The molecule has 0 fully saturated rings. The summed E-state index contributed by atoms with van der Waals surface area (Å²) in [4.78, 5) is 11.8. The normalized spacial score (nSPS) is 10.8. The Kier molecular flexibility index (Phi) is 7.33. The molecule has 1 N–H and O–H groups in total. The number of ether oxygens (including phenoxy) is 1. The fourth-order valence-electron chi connectivity index (χ4n) is 2.49. The van der Waals surface area contributed by atoms with Crippen molar-refractivity contribution in [1.82, 2.24) is 20.1 Å². The minimum atomic E-state index is -0.243. The number of amides is 1. The zero-order chi connectivity index (χ0) is 19.9. The summed E-state index contributed by atoms with van der Waals surface area (Å²) in [6, 6.07) is 15.2. The molecule has 28 heavy (non-hydrogen) atoms. The van der Waals surface area contributed by atoms with E-state index in [0.717, 1.165) is 5.56 Å². The van der Waals surface area contributed by atoms with Crippen LogP contribution in [0.25, 0.3) is 5.69 Å². The molecule has 2 aromatic carbocycles. The number of thioether (sulfide) groups is 1.